The first-order valence-electron chi connectivity index (χ1n) is 34.4. The summed E-state index contributed by atoms with van der Waals surface area (Å²) in [5, 5.41) is 8.60. The molecule has 0 aliphatic rings. The minimum Gasteiger partial charge on any atom is -0.352 e. The van der Waals surface area contributed by atoms with Crippen LogP contribution in [0.25, 0.3) is 0 Å². The van der Waals surface area contributed by atoms with E-state index in [1.165, 1.54) is 6.92 Å². The molecule has 0 aliphatic heterocycles. The van der Waals surface area contributed by atoms with Gasteiger partial charge in [-0.1, -0.05) is 195 Å². The fourth-order valence-electron chi connectivity index (χ4n) is 12.0. The molecule has 0 aromatic heterocycles. The van der Waals surface area contributed by atoms with E-state index in [0.717, 1.165) is 29.6 Å². The lowest BCUT2D eigenvalue weighted by Gasteiger charge is -2.30. The molecule has 0 saturated heterocycles. The summed E-state index contributed by atoms with van der Waals surface area (Å²) in [7, 11) is -12.9. The SMILES string of the molecule is CC(=O)[C@H](Cc1ccccc1)NC(=O)CN(C[C@H](CCCCN)NC(=O)[C@H](CCCCN)CC(=O)CN(C[C@@H](CC(=O)[C@H](CCCCN)NC(=O)CN(C[C@@H](N)Cc1ccccc1)S(=O)(=O)Cc1ccccc1)Cc1ccccc1)S(=O)(=O)Cc1ccccc1)S(=O)(=O)Cc1ccccc1. The highest BCUT2D eigenvalue weighted by Gasteiger charge is 2.36. The molecule has 100 heavy (non-hydrogen) atoms. The second-order valence-electron chi connectivity index (χ2n) is 25.8. The van der Waals surface area contributed by atoms with Crippen LogP contribution in [0.15, 0.2) is 182 Å². The van der Waals surface area contributed by atoms with Gasteiger partial charge in [-0.25, -0.2) is 25.3 Å². The monoisotopic (exact) mass is 1430 g/mol. The zero-order valence-corrected chi connectivity index (χ0v) is 59.9. The Morgan fingerprint density at radius 3 is 1.20 bits per heavy atom. The van der Waals surface area contributed by atoms with E-state index < -0.39 is 139 Å². The lowest BCUT2D eigenvalue weighted by molar-refractivity contribution is -0.130. The van der Waals surface area contributed by atoms with Gasteiger partial charge in [-0.05, 0) is 130 Å². The quantitative estimate of drug-likeness (QED) is 0.0212. The highest BCUT2D eigenvalue weighted by molar-refractivity contribution is 7.88. The molecule has 11 N–H and O–H groups in total. The third-order valence-corrected chi connectivity index (χ3v) is 22.5. The van der Waals surface area contributed by atoms with Crippen molar-refractivity contribution in [3.05, 3.63) is 215 Å². The predicted molar refractivity (Wildman–Crippen MR) is 392 cm³/mol. The fraction of sp³-hybridized carbons (Fsp3) is 0.440. The Hall–Kier alpha value is -7.69. The van der Waals surface area contributed by atoms with Crippen molar-refractivity contribution in [2.24, 2.45) is 34.8 Å². The number of carbonyl (C=O) groups is 6. The Bertz CT molecular complexity index is 3820. The van der Waals surface area contributed by atoms with Crippen LogP contribution in [-0.2, 0) is 95.4 Å². The molecule has 6 rings (SSSR count). The number of nitrogens with one attached hydrogen (secondary N) is 3. The zero-order valence-electron chi connectivity index (χ0n) is 57.4. The second kappa shape index (κ2) is 42.5. The molecule has 542 valence electrons. The number of Topliss-reactive ketones (excluding diaryl/α,β-unsaturated/α-hetero) is 3. The van der Waals surface area contributed by atoms with Crippen LogP contribution in [0.3, 0.4) is 0 Å². The first-order chi connectivity index (χ1) is 47.9. The Kier molecular flexibility index (Phi) is 34.6. The molecule has 6 aromatic rings. The van der Waals surface area contributed by atoms with Crippen LogP contribution in [0.1, 0.15) is 111 Å². The van der Waals surface area contributed by atoms with E-state index in [1.807, 2.05) is 66.7 Å². The molecule has 0 fully saturated rings. The van der Waals surface area contributed by atoms with Crippen LogP contribution in [0.5, 0.6) is 0 Å². The van der Waals surface area contributed by atoms with Gasteiger partial charge in [-0.3, -0.25) is 28.8 Å². The summed E-state index contributed by atoms with van der Waals surface area (Å²) in [6.07, 6.45) is 3.00. The van der Waals surface area contributed by atoms with Gasteiger partial charge in [0.15, 0.2) is 11.6 Å². The standard InChI is InChI=1S/C75H102N10O12S3/c1-58(86)71(46-61-30-12-4-13-31-61)82-74(90)54-85(100(96,97)57-64-36-18-7-19-37-64)51-68(39-21-24-42-77)80-75(91)66(38-20-23-41-76)48-69(87)52-83(98(92,93)55-62-32-14-5-15-33-62)49-65(44-59-26-8-2-9-27-59)47-72(88)70(40-22-25-43-78)81-73(89)53-84(50-67(79)45-60-28-10-3-11-29-60)99(94,95)56-63-34-16-6-17-35-63/h2-19,26-37,65-68,70-71H,20-25,38-57,76-79H2,1H3,(H,80,91)(H,81,89)(H,82,90)/t65-,66-,67+,68+,70+,71+/m1/s1. The minimum absolute atomic E-state index is 0.119. The largest absolute Gasteiger partial charge is 0.352 e. The average Bonchev–Trinajstić information content (AvgIpc) is 0.837. The summed E-state index contributed by atoms with van der Waals surface area (Å²) in [5.41, 5.74) is 28.2. The topological polar surface area (TPSA) is 355 Å². The number of sulfonamides is 3. The van der Waals surface area contributed by atoms with Crippen molar-refractivity contribution in [1.29, 1.82) is 0 Å². The number of amides is 3. The van der Waals surface area contributed by atoms with Crippen molar-refractivity contribution in [2.45, 2.75) is 138 Å². The van der Waals surface area contributed by atoms with Crippen molar-refractivity contribution >= 4 is 65.1 Å². The van der Waals surface area contributed by atoms with Gasteiger partial charge in [0.2, 0.25) is 47.8 Å². The number of ketones is 3. The summed E-state index contributed by atoms with van der Waals surface area (Å²) < 4.78 is 90.9. The molecule has 22 nitrogen and oxygen atoms in total. The molecule has 25 heteroatoms. The third kappa shape index (κ3) is 29.5. The maximum absolute atomic E-state index is 15.1. The summed E-state index contributed by atoms with van der Waals surface area (Å²) >= 11 is 0. The number of hydrogen-bond donors (Lipinski definition) is 7. The van der Waals surface area contributed by atoms with Gasteiger partial charge >= 0.3 is 0 Å². The minimum atomic E-state index is -4.42. The van der Waals surface area contributed by atoms with Crippen LogP contribution in [-0.4, -0.2) is 156 Å². The number of unbranched alkanes of at least 4 members (excludes halogenated alkanes) is 3. The lowest BCUT2D eigenvalue weighted by Crippen LogP contribution is -2.52. The van der Waals surface area contributed by atoms with E-state index in [1.54, 1.807) is 115 Å². The molecule has 0 radical (unpaired) electrons. The van der Waals surface area contributed by atoms with Gasteiger partial charge in [-0.2, -0.15) is 12.9 Å². The van der Waals surface area contributed by atoms with Crippen molar-refractivity contribution < 1.29 is 54.0 Å². The lowest BCUT2D eigenvalue weighted by atomic mass is 9.90. The molecule has 6 atom stereocenters. The number of nitrogens with two attached hydrogens (primary N) is 4. The Morgan fingerprint density at radius 2 is 0.770 bits per heavy atom. The smallest absolute Gasteiger partial charge is 0.235 e. The van der Waals surface area contributed by atoms with E-state index in [-0.39, 0.29) is 83.6 Å². The average molecular weight is 1430 g/mol. The van der Waals surface area contributed by atoms with Gasteiger partial charge < -0.3 is 38.9 Å². The Morgan fingerprint density at radius 1 is 0.400 bits per heavy atom. The third-order valence-electron chi connectivity index (χ3n) is 17.3. The van der Waals surface area contributed by atoms with Crippen molar-refractivity contribution in [3.8, 4) is 0 Å². The molecule has 0 spiro atoms. The Balaban J connectivity index is 1.29. The molecule has 0 heterocycles. The Labute approximate surface area is 591 Å². The van der Waals surface area contributed by atoms with Crippen LogP contribution in [0, 0.1) is 11.8 Å². The predicted octanol–water partition coefficient (Wildman–Crippen LogP) is 6.12. The molecule has 0 bridgehead atoms. The summed E-state index contributed by atoms with van der Waals surface area (Å²) in [5.74, 6) is -6.90. The molecule has 3 amide bonds. The summed E-state index contributed by atoms with van der Waals surface area (Å²) in [6.45, 7) is -0.854. The van der Waals surface area contributed by atoms with Crippen molar-refractivity contribution in [2.75, 3.05) is 58.9 Å². The van der Waals surface area contributed by atoms with Gasteiger partial charge in [0, 0.05) is 50.5 Å². The maximum atomic E-state index is 15.1. The molecule has 0 saturated carbocycles. The molecule has 0 unspecified atom stereocenters. The molecular weight excluding hydrogens is 1330 g/mol. The highest BCUT2D eigenvalue weighted by atomic mass is 32.2. The zero-order chi connectivity index (χ0) is 72.3. The fourth-order valence-corrected chi connectivity index (χ4v) is 16.6. The van der Waals surface area contributed by atoms with Gasteiger partial charge in [0.25, 0.3) is 0 Å². The first kappa shape index (κ1) is 81.3. The number of rotatable bonds is 49. The van der Waals surface area contributed by atoms with Crippen molar-refractivity contribution in [3.63, 3.8) is 0 Å². The van der Waals surface area contributed by atoms with Crippen molar-refractivity contribution in [1.82, 2.24) is 28.9 Å². The summed E-state index contributed by atoms with van der Waals surface area (Å²) in [4.78, 5) is 86.3. The van der Waals surface area contributed by atoms with Gasteiger partial charge in [-0.15, -0.1) is 0 Å². The van der Waals surface area contributed by atoms with Crippen LogP contribution in [0.2, 0.25) is 0 Å². The normalized spacial score (nSPS) is 13.8. The molecule has 6 aromatic carbocycles. The van der Waals surface area contributed by atoms with E-state index >= 15 is 13.2 Å². The number of carbonyl (C=O) groups excluding carboxylic acids is 6. The van der Waals surface area contributed by atoms with Gasteiger partial charge in [0.05, 0.1) is 49.0 Å². The van der Waals surface area contributed by atoms with Gasteiger partial charge in [0.1, 0.15) is 5.78 Å². The van der Waals surface area contributed by atoms with E-state index in [4.69, 9.17) is 22.9 Å². The van der Waals surface area contributed by atoms with Crippen LogP contribution < -0.4 is 38.9 Å². The number of nitrogens with zero attached hydrogens (tertiary/aromatic N) is 3. The van der Waals surface area contributed by atoms with Crippen LogP contribution >= 0.6 is 0 Å². The highest BCUT2D eigenvalue weighted by Crippen LogP contribution is 2.24. The number of hydrogen-bond acceptors (Lipinski definition) is 16. The maximum Gasteiger partial charge on any atom is 0.235 e. The van der Waals surface area contributed by atoms with E-state index in [9.17, 15) is 40.8 Å². The van der Waals surface area contributed by atoms with E-state index in [0.29, 0.717) is 61.6 Å². The molecule has 0 aliphatic carbocycles. The van der Waals surface area contributed by atoms with E-state index in [2.05, 4.69) is 16.0 Å². The second-order valence-corrected chi connectivity index (χ2v) is 31.7. The van der Waals surface area contributed by atoms with Crippen LogP contribution in [0.4, 0.5) is 0 Å². The number of benzene rings is 6. The molecular formula is C75H102N10O12S3. The first-order valence-corrected chi connectivity index (χ1v) is 39.2. The summed E-state index contributed by atoms with van der Waals surface area (Å²) in [6, 6.07) is 48.9.